The Bertz CT molecular complexity index is 339. The second kappa shape index (κ2) is 6.36. The summed E-state index contributed by atoms with van der Waals surface area (Å²) in [6, 6.07) is 0.501. The van der Waals surface area contributed by atoms with Gasteiger partial charge in [-0.3, -0.25) is 4.90 Å². The molecule has 1 unspecified atom stereocenters. The van der Waals surface area contributed by atoms with Crippen LogP contribution in [0, 0.1) is 0 Å². The van der Waals surface area contributed by atoms with Gasteiger partial charge in [-0.15, -0.1) is 11.6 Å². The Balaban J connectivity index is 2.04. The van der Waals surface area contributed by atoms with E-state index < -0.39 is 0 Å². The number of rotatable bonds is 4. The summed E-state index contributed by atoms with van der Waals surface area (Å²) in [6.07, 6.45) is 6.75. The molecule has 1 atom stereocenters. The smallest absolute Gasteiger partial charge is 0.141 e. The summed E-state index contributed by atoms with van der Waals surface area (Å²) >= 11 is 6.08. The van der Waals surface area contributed by atoms with Crippen molar-refractivity contribution in [3.8, 4) is 0 Å². The summed E-state index contributed by atoms with van der Waals surface area (Å²) in [7, 11) is 0. The predicted molar refractivity (Wildman–Crippen MR) is 69.1 cm³/mol. The molecule has 0 saturated carbocycles. The first-order valence-corrected chi connectivity index (χ1v) is 7.05. The van der Waals surface area contributed by atoms with Crippen LogP contribution in [0.1, 0.15) is 38.4 Å². The largest absolute Gasteiger partial charge is 0.292 e. The van der Waals surface area contributed by atoms with Crippen LogP contribution in [0.25, 0.3) is 0 Å². The molecule has 1 aliphatic rings. The van der Waals surface area contributed by atoms with Crippen LogP contribution in [-0.2, 0) is 13.1 Å². The van der Waals surface area contributed by atoms with E-state index in [9.17, 15) is 0 Å². The van der Waals surface area contributed by atoms with Gasteiger partial charge in [0.1, 0.15) is 12.2 Å². The molecule has 0 bridgehead atoms. The van der Waals surface area contributed by atoms with Gasteiger partial charge in [0.15, 0.2) is 0 Å². The fourth-order valence-electron chi connectivity index (χ4n) is 2.48. The zero-order valence-corrected chi connectivity index (χ0v) is 11.2. The molecule has 0 radical (unpaired) electrons. The fourth-order valence-corrected chi connectivity index (χ4v) is 2.83. The molecule has 1 saturated heterocycles. The molecule has 1 aromatic heterocycles. The highest BCUT2D eigenvalue weighted by Crippen LogP contribution is 2.19. The molecule has 0 aliphatic carbocycles. The SMILES string of the molecule is CCn1ncnc1CN1CCCCCC1CCl. The van der Waals surface area contributed by atoms with E-state index in [1.54, 1.807) is 6.33 Å². The monoisotopic (exact) mass is 256 g/mol. The lowest BCUT2D eigenvalue weighted by Gasteiger charge is -2.27. The van der Waals surface area contributed by atoms with Gasteiger partial charge in [0.25, 0.3) is 0 Å². The Kier molecular flexibility index (Phi) is 4.80. The Morgan fingerprint density at radius 1 is 1.41 bits per heavy atom. The summed E-state index contributed by atoms with van der Waals surface area (Å²) in [5, 5.41) is 4.22. The van der Waals surface area contributed by atoms with Gasteiger partial charge in [0.2, 0.25) is 0 Å². The van der Waals surface area contributed by atoms with Crippen LogP contribution in [0.4, 0.5) is 0 Å². The molecule has 0 amide bonds. The zero-order valence-electron chi connectivity index (χ0n) is 10.5. The maximum absolute atomic E-state index is 6.08. The van der Waals surface area contributed by atoms with Crippen molar-refractivity contribution in [1.82, 2.24) is 19.7 Å². The minimum Gasteiger partial charge on any atom is -0.292 e. The van der Waals surface area contributed by atoms with Gasteiger partial charge in [-0.25, -0.2) is 9.67 Å². The number of alkyl halides is 1. The van der Waals surface area contributed by atoms with Crippen molar-refractivity contribution < 1.29 is 0 Å². The highest BCUT2D eigenvalue weighted by molar-refractivity contribution is 6.18. The first kappa shape index (κ1) is 12.8. The number of aryl methyl sites for hydroxylation is 1. The highest BCUT2D eigenvalue weighted by Gasteiger charge is 2.21. The van der Waals surface area contributed by atoms with Gasteiger partial charge in [-0.1, -0.05) is 12.8 Å². The van der Waals surface area contributed by atoms with Crippen LogP contribution in [0.15, 0.2) is 6.33 Å². The van der Waals surface area contributed by atoms with Crippen LogP contribution < -0.4 is 0 Å². The molecule has 1 aromatic rings. The lowest BCUT2D eigenvalue weighted by Crippen LogP contribution is -2.36. The van der Waals surface area contributed by atoms with E-state index in [1.165, 1.54) is 25.7 Å². The van der Waals surface area contributed by atoms with Crippen molar-refractivity contribution >= 4 is 11.6 Å². The average molecular weight is 257 g/mol. The predicted octanol–water partition coefficient (Wildman–Crippen LogP) is 2.28. The molecule has 2 rings (SSSR count). The Labute approximate surface area is 108 Å². The summed E-state index contributed by atoms with van der Waals surface area (Å²) in [5.74, 6) is 1.78. The van der Waals surface area contributed by atoms with Crippen LogP contribution in [0.2, 0.25) is 0 Å². The third-order valence-corrected chi connectivity index (χ3v) is 3.87. The van der Waals surface area contributed by atoms with Crippen LogP contribution in [0.3, 0.4) is 0 Å². The molecule has 4 nitrogen and oxygen atoms in total. The minimum atomic E-state index is 0.501. The van der Waals surface area contributed by atoms with Gasteiger partial charge >= 0.3 is 0 Å². The summed E-state index contributed by atoms with van der Waals surface area (Å²) in [4.78, 5) is 6.82. The Morgan fingerprint density at radius 3 is 3.06 bits per heavy atom. The average Bonchev–Trinajstić information content (AvgIpc) is 2.67. The van der Waals surface area contributed by atoms with Crippen molar-refractivity contribution in [2.24, 2.45) is 0 Å². The highest BCUT2D eigenvalue weighted by atomic mass is 35.5. The maximum Gasteiger partial charge on any atom is 0.141 e. The summed E-state index contributed by atoms with van der Waals surface area (Å²) in [5.41, 5.74) is 0. The van der Waals surface area contributed by atoms with Crippen molar-refractivity contribution in [2.45, 2.75) is 51.7 Å². The molecule has 2 heterocycles. The third-order valence-electron chi connectivity index (χ3n) is 3.52. The second-order valence-corrected chi connectivity index (χ2v) is 4.93. The Morgan fingerprint density at radius 2 is 2.29 bits per heavy atom. The van der Waals surface area contributed by atoms with E-state index in [1.807, 2.05) is 4.68 Å². The number of aromatic nitrogens is 3. The fraction of sp³-hybridized carbons (Fsp3) is 0.833. The number of hydrogen-bond donors (Lipinski definition) is 0. The molecule has 0 spiro atoms. The van der Waals surface area contributed by atoms with Crippen LogP contribution >= 0.6 is 11.6 Å². The first-order valence-electron chi connectivity index (χ1n) is 6.51. The molecule has 0 aromatic carbocycles. The first-order chi connectivity index (χ1) is 8.35. The van der Waals surface area contributed by atoms with Crippen molar-refractivity contribution in [3.63, 3.8) is 0 Å². The molecule has 96 valence electrons. The van der Waals surface area contributed by atoms with E-state index in [-0.39, 0.29) is 0 Å². The zero-order chi connectivity index (χ0) is 12.1. The lowest BCUT2D eigenvalue weighted by molar-refractivity contribution is 0.199. The summed E-state index contributed by atoms with van der Waals surface area (Å²) < 4.78 is 1.97. The van der Waals surface area contributed by atoms with E-state index in [4.69, 9.17) is 11.6 Å². The quantitative estimate of drug-likeness (QED) is 0.775. The van der Waals surface area contributed by atoms with E-state index in [2.05, 4.69) is 21.9 Å². The molecular formula is C12H21ClN4. The van der Waals surface area contributed by atoms with Crippen LogP contribution in [-0.4, -0.2) is 38.1 Å². The van der Waals surface area contributed by atoms with Gasteiger partial charge in [0, 0.05) is 18.5 Å². The van der Waals surface area contributed by atoms with Gasteiger partial charge in [-0.2, -0.15) is 5.10 Å². The van der Waals surface area contributed by atoms with Crippen molar-refractivity contribution in [1.29, 1.82) is 0 Å². The van der Waals surface area contributed by atoms with Crippen molar-refractivity contribution in [3.05, 3.63) is 12.2 Å². The standard InChI is InChI=1S/C12H21ClN4/c1-2-17-12(14-10-15-17)9-16-7-5-3-4-6-11(16)8-13/h10-11H,2-9H2,1H3. The van der Waals surface area contributed by atoms with E-state index in [0.717, 1.165) is 31.3 Å². The Hall–Kier alpha value is -0.610. The maximum atomic E-state index is 6.08. The molecule has 5 heteroatoms. The third kappa shape index (κ3) is 3.19. The molecular weight excluding hydrogens is 236 g/mol. The number of likely N-dealkylation sites (tertiary alicyclic amines) is 1. The number of halogens is 1. The number of nitrogens with zero attached hydrogens (tertiary/aromatic N) is 4. The topological polar surface area (TPSA) is 34.0 Å². The number of hydrogen-bond acceptors (Lipinski definition) is 3. The second-order valence-electron chi connectivity index (χ2n) is 4.62. The van der Waals surface area contributed by atoms with Gasteiger partial charge in [0.05, 0.1) is 6.54 Å². The molecule has 1 aliphatic heterocycles. The van der Waals surface area contributed by atoms with Gasteiger partial charge < -0.3 is 0 Å². The van der Waals surface area contributed by atoms with Crippen LogP contribution in [0.5, 0.6) is 0 Å². The minimum absolute atomic E-state index is 0.501. The normalized spacial score (nSPS) is 22.6. The van der Waals surface area contributed by atoms with E-state index >= 15 is 0 Å². The summed E-state index contributed by atoms with van der Waals surface area (Å²) in [6.45, 7) is 4.99. The van der Waals surface area contributed by atoms with Crippen molar-refractivity contribution in [2.75, 3.05) is 12.4 Å². The molecule has 0 N–H and O–H groups in total. The van der Waals surface area contributed by atoms with Gasteiger partial charge in [-0.05, 0) is 26.3 Å². The molecule has 1 fully saturated rings. The van der Waals surface area contributed by atoms with E-state index in [0.29, 0.717) is 6.04 Å². The lowest BCUT2D eigenvalue weighted by atomic mass is 10.1. The molecule has 17 heavy (non-hydrogen) atoms.